The lowest BCUT2D eigenvalue weighted by Gasteiger charge is -2.19. The molecule has 178 valence electrons. The van der Waals surface area contributed by atoms with Gasteiger partial charge in [-0.2, -0.15) is 23.5 Å². The highest BCUT2D eigenvalue weighted by Gasteiger charge is 2.22. The van der Waals surface area contributed by atoms with Gasteiger partial charge in [0.1, 0.15) is 23.6 Å². The quantitative estimate of drug-likeness (QED) is 0.367. The van der Waals surface area contributed by atoms with Crippen molar-refractivity contribution in [2.75, 3.05) is 5.32 Å². The Morgan fingerprint density at radius 3 is 2.79 bits per heavy atom. The Morgan fingerprint density at radius 2 is 2.06 bits per heavy atom. The van der Waals surface area contributed by atoms with E-state index >= 15 is 0 Å². The normalized spacial score (nSPS) is 11.7. The van der Waals surface area contributed by atoms with Crippen LogP contribution in [-0.2, 0) is 16.1 Å². The van der Waals surface area contributed by atoms with Gasteiger partial charge in [0.05, 0.1) is 11.9 Å². The summed E-state index contributed by atoms with van der Waals surface area (Å²) in [6.45, 7) is 2.00. The van der Waals surface area contributed by atoms with E-state index in [9.17, 15) is 13.6 Å². The van der Waals surface area contributed by atoms with E-state index < -0.39 is 18.2 Å². The van der Waals surface area contributed by atoms with Gasteiger partial charge in [0.25, 0.3) is 0 Å². The number of nitrogens with zero attached hydrogens (tertiary/aromatic N) is 5. The number of hydrogen-bond acceptors (Lipinski definition) is 7. The Bertz CT molecular complexity index is 1330. The van der Waals surface area contributed by atoms with Crippen molar-refractivity contribution in [2.24, 2.45) is 0 Å². The van der Waals surface area contributed by atoms with E-state index in [4.69, 9.17) is 16.3 Å². The van der Waals surface area contributed by atoms with Gasteiger partial charge in [-0.05, 0) is 51.1 Å². The van der Waals surface area contributed by atoms with Crippen molar-refractivity contribution in [1.82, 2.24) is 24.4 Å². The molecule has 12 heteroatoms. The Labute approximate surface area is 198 Å². The molecule has 0 bridgehead atoms. The first-order valence-electron chi connectivity index (χ1n) is 10.2. The molecule has 0 aliphatic carbocycles. The van der Waals surface area contributed by atoms with E-state index in [-0.39, 0.29) is 23.6 Å². The van der Waals surface area contributed by atoms with Crippen molar-refractivity contribution in [1.29, 1.82) is 0 Å². The third-order valence-electron chi connectivity index (χ3n) is 4.43. The Hall–Kier alpha value is -3.73. The molecule has 4 rings (SSSR count). The summed E-state index contributed by atoms with van der Waals surface area (Å²) in [5.74, 6) is -0.145. The maximum atomic E-state index is 13.1. The molecule has 9 nitrogen and oxygen atoms in total. The molecule has 0 unspecified atom stereocenters. The number of rotatable bonds is 7. The zero-order valence-electron chi connectivity index (χ0n) is 18.5. The molecular formula is C22H21ClF2N6O3. The van der Waals surface area contributed by atoms with Crippen molar-refractivity contribution < 1.29 is 23.0 Å². The van der Waals surface area contributed by atoms with Gasteiger partial charge in [0.2, 0.25) is 0 Å². The van der Waals surface area contributed by atoms with Crippen LogP contribution < -0.4 is 10.1 Å². The number of nitrogens with one attached hydrogen (secondary N) is 1. The zero-order chi connectivity index (χ0) is 24.5. The average Bonchev–Trinajstić information content (AvgIpc) is 3.32. The van der Waals surface area contributed by atoms with Crippen molar-refractivity contribution in [2.45, 2.75) is 39.5 Å². The molecule has 0 radical (unpaired) electrons. The number of carbonyl (C=O) groups excluding carboxylic acids is 1. The molecule has 1 aromatic carbocycles. The lowest BCUT2D eigenvalue weighted by molar-refractivity contribution is -0.155. The predicted octanol–water partition coefficient (Wildman–Crippen LogP) is 4.93. The lowest BCUT2D eigenvalue weighted by Crippen LogP contribution is -2.26. The summed E-state index contributed by atoms with van der Waals surface area (Å²) in [5.41, 5.74) is 0.740. The van der Waals surface area contributed by atoms with E-state index in [2.05, 4.69) is 25.2 Å². The SMILES string of the molecule is CC(C)(C)OC(=O)Cn1cc(Nc2cnc3cccnn23)c(-c2cc(Cl)ccc2OC(F)F)n1. The summed E-state index contributed by atoms with van der Waals surface area (Å²) < 4.78 is 39.1. The van der Waals surface area contributed by atoms with Gasteiger partial charge in [-0.15, -0.1) is 0 Å². The van der Waals surface area contributed by atoms with Crippen LogP contribution in [0.2, 0.25) is 5.02 Å². The first kappa shape index (κ1) is 23.4. The molecule has 34 heavy (non-hydrogen) atoms. The second-order valence-electron chi connectivity index (χ2n) is 8.26. The second kappa shape index (κ2) is 9.26. The summed E-state index contributed by atoms with van der Waals surface area (Å²) in [7, 11) is 0. The van der Waals surface area contributed by atoms with Gasteiger partial charge in [-0.25, -0.2) is 4.98 Å². The molecule has 0 aliphatic heterocycles. The smallest absolute Gasteiger partial charge is 0.387 e. The molecule has 0 saturated carbocycles. The molecule has 0 spiro atoms. The first-order valence-corrected chi connectivity index (χ1v) is 10.6. The Morgan fingerprint density at radius 1 is 1.26 bits per heavy atom. The molecule has 4 aromatic rings. The summed E-state index contributed by atoms with van der Waals surface area (Å²) in [4.78, 5) is 16.6. The fourth-order valence-corrected chi connectivity index (χ4v) is 3.41. The highest BCUT2D eigenvalue weighted by molar-refractivity contribution is 6.31. The maximum absolute atomic E-state index is 13.1. The lowest BCUT2D eigenvalue weighted by atomic mass is 10.1. The number of halogens is 3. The maximum Gasteiger partial charge on any atom is 0.387 e. The van der Waals surface area contributed by atoms with Crippen LogP contribution in [0.3, 0.4) is 0 Å². The van der Waals surface area contributed by atoms with Gasteiger partial charge in [-0.1, -0.05) is 11.6 Å². The standard InChI is InChI=1S/C22H21ClF2N6O3/c1-22(2,3)34-19(32)12-30-11-15(28-18-10-26-17-5-4-8-27-31(17)18)20(29-30)14-9-13(23)6-7-16(14)33-21(24)25/h4-11,21,28H,12H2,1-3H3. The summed E-state index contributed by atoms with van der Waals surface area (Å²) >= 11 is 6.14. The molecule has 1 N–H and O–H groups in total. The summed E-state index contributed by atoms with van der Waals surface area (Å²) in [5, 5.41) is 12.1. The van der Waals surface area contributed by atoms with Gasteiger partial charge in [-0.3, -0.25) is 9.48 Å². The van der Waals surface area contributed by atoms with Gasteiger partial charge < -0.3 is 14.8 Å². The highest BCUT2D eigenvalue weighted by Crippen LogP contribution is 2.38. The molecule has 0 aliphatic rings. The summed E-state index contributed by atoms with van der Waals surface area (Å²) in [6.07, 6.45) is 4.71. The fraction of sp³-hybridized carbons (Fsp3) is 0.273. The summed E-state index contributed by atoms with van der Waals surface area (Å²) in [6, 6.07) is 7.74. The van der Waals surface area contributed by atoms with Crippen LogP contribution in [0.15, 0.2) is 48.9 Å². The molecule has 3 aromatic heterocycles. The van der Waals surface area contributed by atoms with Gasteiger partial charge in [0, 0.05) is 23.0 Å². The van der Waals surface area contributed by atoms with Crippen LogP contribution in [0, 0.1) is 0 Å². The molecule has 3 heterocycles. The van der Waals surface area contributed by atoms with Crippen LogP contribution >= 0.6 is 11.6 Å². The number of esters is 1. The highest BCUT2D eigenvalue weighted by atomic mass is 35.5. The zero-order valence-corrected chi connectivity index (χ0v) is 19.3. The van der Waals surface area contributed by atoms with Gasteiger partial charge in [0.15, 0.2) is 11.5 Å². The average molecular weight is 491 g/mol. The molecular weight excluding hydrogens is 470 g/mol. The monoisotopic (exact) mass is 490 g/mol. The number of ether oxygens (including phenoxy) is 2. The van der Waals surface area contributed by atoms with E-state index in [1.54, 1.807) is 56.0 Å². The third kappa shape index (κ3) is 5.42. The number of fused-ring (bicyclic) bond motifs is 1. The van der Waals surface area contributed by atoms with Crippen LogP contribution in [0.25, 0.3) is 16.9 Å². The molecule has 0 amide bonds. The number of anilines is 2. The van der Waals surface area contributed by atoms with E-state index in [1.807, 2.05) is 0 Å². The Balaban J connectivity index is 1.77. The first-order chi connectivity index (χ1) is 16.1. The third-order valence-corrected chi connectivity index (χ3v) is 4.66. The largest absolute Gasteiger partial charge is 0.459 e. The van der Waals surface area contributed by atoms with Crippen LogP contribution in [0.4, 0.5) is 20.3 Å². The van der Waals surface area contributed by atoms with Crippen molar-refractivity contribution in [3.63, 3.8) is 0 Å². The number of alkyl halides is 2. The number of imidazole rings is 1. The minimum atomic E-state index is -3.05. The van der Waals surface area contributed by atoms with E-state index in [0.29, 0.717) is 22.2 Å². The van der Waals surface area contributed by atoms with E-state index in [0.717, 1.165) is 0 Å². The van der Waals surface area contributed by atoms with Crippen molar-refractivity contribution in [3.05, 3.63) is 53.9 Å². The van der Waals surface area contributed by atoms with Crippen molar-refractivity contribution >= 4 is 34.7 Å². The number of hydrogen-bond donors (Lipinski definition) is 1. The Kier molecular flexibility index (Phi) is 6.38. The number of benzene rings is 1. The fourth-order valence-electron chi connectivity index (χ4n) is 3.24. The minimum absolute atomic E-state index is 0.124. The van der Waals surface area contributed by atoms with Gasteiger partial charge >= 0.3 is 12.6 Å². The van der Waals surface area contributed by atoms with Crippen LogP contribution in [-0.4, -0.2) is 42.6 Å². The van der Waals surface area contributed by atoms with E-state index in [1.165, 1.54) is 22.9 Å². The molecule has 0 atom stereocenters. The predicted molar refractivity (Wildman–Crippen MR) is 121 cm³/mol. The van der Waals surface area contributed by atoms with Crippen LogP contribution in [0.1, 0.15) is 20.8 Å². The minimum Gasteiger partial charge on any atom is -0.459 e. The molecule has 0 fully saturated rings. The number of aromatic nitrogens is 5. The number of carbonyl (C=O) groups is 1. The second-order valence-corrected chi connectivity index (χ2v) is 8.69. The molecule has 0 saturated heterocycles. The van der Waals surface area contributed by atoms with Crippen molar-refractivity contribution in [3.8, 4) is 17.0 Å². The van der Waals surface area contributed by atoms with Crippen LogP contribution in [0.5, 0.6) is 5.75 Å². The topological polar surface area (TPSA) is 95.6 Å².